The maximum absolute atomic E-state index is 11.6. The van der Waals surface area contributed by atoms with E-state index in [9.17, 15) is 5.11 Å². The Bertz CT molecular complexity index is 356. The van der Waals surface area contributed by atoms with Crippen molar-refractivity contribution >= 4 is 0 Å². The molecule has 0 radical (unpaired) electrons. The third-order valence-electron chi connectivity index (χ3n) is 7.48. The lowest BCUT2D eigenvalue weighted by Gasteiger charge is -2.52. The first kappa shape index (κ1) is 12.9. The first-order chi connectivity index (χ1) is 8.36. The summed E-state index contributed by atoms with van der Waals surface area (Å²) in [5.74, 6) is 0.678. The molecule has 2 heteroatoms. The second-order valence-corrected chi connectivity index (χ2v) is 7.80. The maximum Gasteiger partial charge on any atom is 0.0996 e. The summed E-state index contributed by atoms with van der Waals surface area (Å²) in [6, 6.07) is 0. The number of hydrogen-bond donors (Lipinski definition) is 1. The Hall–Kier alpha value is -0.0800. The van der Waals surface area contributed by atoms with Gasteiger partial charge in [-0.3, -0.25) is 0 Å². The molecule has 0 aliphatic heterocycles. The molecule has 2 nitrogen and oxygen atoms in total. The molecule has 2 bridgehead atoms. The third kappa shape index (κ3) is 1.06. The van der Waals surface area contributed by atoms with Gasteiger partial charge in [0.1, 0.15) is 0 Å². The predicted molar refractivity (Wildman–Crippen MR) is 72.3 cm³/mol. The molecule has 3 fully saturated rings. The number of hydrogen-bond acceptors (Lipinski definition) is 2. The second-order valence-electron chi connectivity index (χ2n) is 7.80. The van der Waals surface area contributed by atoms with Gasteiger partial charge in [-0.1, -0.05) is 33.6 Å². The number of ether oxygens (including phenoxy) is 1. The molecule has 3 rings (SSSR count). The van der Waals surface area contributed by atoms with Crippen LogP contribution in [0.2, 0.25) is 0 Å². The summed E-state index contributed by atoms with van der Waals surface area (Å²) >= 11 is 0. The molecule has 0 aromatic carbocycles. The number of rotatable bonds is 2. The van der Waals surface area contributed by atoms with Crippen LogP contribution in [-0.2, 0) is 4.74 Å². The zero-order valence-electron chi connectivity index (χ0n) is 12.4. The zero-order chi connectivity index (χ0) is 13.2. The molecule has 0 aromatic heterocycles. The fourth-order valence-electron chi connectivity index (χ4n) is 6.32. The lowest BCUT2D eigenvalue weighted by atomic mass is 9.57. The highest BCUT2D eigenvalue weighted by Gasteiger charge is 2.79. The van der Waals surface area contributed by atoms with Crippen molar-refractivity contribution in [1.29, 1.82) is 0 Å². The Morgan fingerprint density at radius 3 is 2.28 bits per heavy atom. The maximum atomic E-state index is 11.6. The van der Waals surface area contributed by atoms with Gasteiger partial charge >= 0.3 is 0 Å². The van der Waals surface area contributed by atoms with Crippen LogP contribution in [0.25, 0.3) is 0 Å². The largest absolute Gasteiger partial charge is 0.386 e. The molecule has 3 saturated carbocycles. The second kappa shape index (κ2) is 3.52. The van der Waals surface area contributed by atoms with Crippen molar-refractivity contribution in [2.45, 2.75) is 64.9 Å². The van der Waals surface area contributed by atoms with E-state index >= 15 is 0 Å². The monoisotopic (exact) mass is 252 g/mol. The first-order valence-corrected chi connectivity index (χ1v) is 7.57. The van der Waals surface area contributed by atoms with Gasteiger partial charge in [0.25, 0.3) is 0 Å². The van der Waals surface area contributed by atoms with Crippen LogP contribution in [0.1, 0.15) is 59.3 Å². The van der Waals surface area contributed by atoms with Crippen molar-refractivity contribution in [3.05, 3.63) is 0 Å². The molecule has 3 unspecified atom stereocenters. The van der Waals surface area contributed by atoms with E-state index in [2.05, 4.69) is 20.8 Å². The first-order valence-electron chi connectivity index (χ1n) is 7.57. The van der Waals surface area contributed by atoms with Gasteiger partial charge in [-0.2, -0.15) is 0 Å². The minimum Gasteiger partial charge on any atom is -0.386 e. The Kier molecular flexibility index (Phi) is 2.53. The Morgan fingerprint density at radius 2 is 1.72 bits per heavy atom. The summed E-state index contributed by atoms with van der Waals surface area (Å²) < 4.78 is 5.48. The molecule has 1 N–H and O–H groups in total. The minimum atomic E-state index is -0.613. The molecule has 104 valence electrons. The average molecular weight is 252 g/mol. The van der Waals surface area contributed by atoms with Gasteiger partial charge in [0, 0.05) is 17.9 Å². The number of fused-ring (bicyclic) bond motifs is 3. The molecule has 0 saturated heterocycles. The van der Waals surface area contributed by atoms with Gasteiger partial charge < -0.3 is 9.84 Å². The van der Waals surface area contributed by atoms with E-state index in [4.69, 9.17) is 4.74 Å². The Balaban J connectivity index is 2.15. The van der Waals surface area contributed by atoms with Crippen LogP contribution in [0, 0.1) is 22.2 Å². The van der Waals surface area contributed by atoms with Crippen molar-refractivity contribution in [3.8, 4) is 0 Å². The fourth-order valence-corrected chi connectivity index (χ4v) is 6.32. The molecular formula is C16H28O2. The van der Waals surface area contributed by atoms with E-state index in [-0.39, 0.29) is 16.2 Å². The summed E-state index contributed by atoms with van der Waals surface area (Å²) in [4.78, 5) is 0. The van der Waals surface area contributed by atoms with Crippen molar-refractivity contribution in [2.24, 2.45) is 22.2 Å². The van der Waals surface area contributed by atoms with Crippen LogP contribution in [0.3, 0.4) is 0 Å². The van der Waals surface area contributed by atoms with E-state index < -0.39 is 5.60 Å². The zero-order valence-corrected chi connectivity index (χ0v) is 12.4. The molecule has 0 heterocycles. The highest BCUT2D eigenvalue weighted by molar-refractivity contribution is 5.28. The molecular weight excluding hydrogens is 224 g/mol. The highest BCUT2D eigenvalue weighted by Crippen LogP contribution is 2.79. The van der Waals surface area contributed by atoms with E-state index in [1.54, 1.807) is 7.11 Å². The average Bonchev–Trinajstić information content (AvgIpc) is 2.87. The summed E-state index contributed by atoms with van der Waals surface area (Å²) in [7, 11) is 1.74. The summed E-state index contributed by atoms with van der Waals surface area (Å²) in [5, 5.41) is 11.6. The summed E-state index contributed by atoms with van der Waals surface area (Å²) in [6.07, 6.45) is 7.44. The van der Waals surface area contributed by atoms with Gasteiger partial charge in [-0.25, -0.2) is 0 Å². The molecule has 1 spiro atoms. The van der Waals surface area contributed by atoms with Crippen LogP contribution in [-0.4, -0.2) is 24.4 Å². The molecule has 3 aliphatic carbocycles. The lowest BCUT2D eigenvalue weighted by Crippen LogP contribution is -2.59. The van der Waals surface area contributed by atoms with Gasteiger partial charge in [0.05, 0.1) is 12.2 Å². The highest BCUT2D eigenvalue weighted by atomic mass is 16.5. The Morgan fingerprint density at radius 1 is 1.11 bits per heavy atom. The number of aliphatic hydroxyl groups is 1. The number of methoxy groups -OCH3 is 1. The SMILES string of the molecule is COCC1(O)C2(CCCC2)C2CCC1(C)C2(C)C. The predicted octanol–water partition coefficient (Wildman–Crippen LogP) is 3.38. The van der Waals surface area contributed by atoms with Crippen LogP contribution >= 0.6 is 0 Å². The third-order valence-corrected chi connectivity index (χ3v) is 7.48. The normalized spacial score (nSPS) is 48.2. The topological polar surface area (TPSA) is 29.5 Å². The Labute approximate surface area is 111 Å². The smallest absolute Gasteiger partial charge is 0.0996 e. The quantitative estimate of drug-likeness (QED) is 0.816. The molecule has 3 aliphatic rings. The van der Waals surface area contributed by atoms with E-state index in [1.165, 1.54) is 32.1 Å². The van der Waals surface area contributed by atoms with E-state index in [0.29, 0.717) is 12.5 Å². The van der Waals surface area contributed by atoms with Crippen molar-refractivity contribution in [1.82, 2.24) is 0 Å². The summed E-state index contributed by atoms with van der Waals surface area (Å²) in [6.45, 7) is 7.61. The standard InChI is InChI=1S/C16H28O2/c1-13(2)12-7-10-14(13,3)16(17,11-18-4)15(12)8-5-6-9-15/h12,17H,5-11H2,1-4H3. The molecule has 0 amide bonds. The van der Waals surface area contributed by atoms with Gasteiger partial charge in [0.2, 0.25) is 0 Å². The van der Waals surface area contributed by atoms with E-state index in [1.807, 2.05) is 0 Å². The van der Waals surface area contributed by atoms with Crippen molar-refractivity contribution in [3.63, 3.8) is 0 Å². The van der Waals surface area contributed by atoms with Crippen LogP contribution in [0.5, 0.6) is 0 Å². The molecule has 18 heavy (non-hydrogen) atoms. The van der Waals surface area contributed by atoms with Crippen LogP contribution in [0.15, 0.2) is 0 Å². The van der Waals surface area contributed by atoms with Gasteiger partial charge in [-0.15, -0.1) is 0 Å². The lowest BCUT2D eigenvalue weighted by molar-refractivity contribution is -0.189. The van der Waals surface area contributed by atoms with Crippen LogP contribution < -0.4 is 0 Å². The van der Waals surface area contributed by atoms with Crippen LogP contribution in [0.4, 0.5) is 0 Å². The van der Waals surface area contributed by atoms with Gasteiger partial charge in [0.15, 0.2) is 0 Å². The van der Waals surface area contributed by atoms with Crippen molar-refractivity contribution in [2.75, 3.05) is 13.7 Å². The fraction of sp³-hybridized carbons (Fsp3) is 1.00. The summed E-state index contributed by atoms with van der Waals surface area (Å²) in [5.41, 5.74) is -0.215. The molecule has 0 aromatic rings. The minimum absolute atomic E-state index is 0.0189. The molecule has 3 atom stereocenters. The van der Waals surface area contributed by atoms with Gasteiger partial charge in [-0.05, 0) is 37.0 Å². The van der Waals surface area contributed by atoms with Crippen molar-refractivity contribution < 1.29 is 9.84 Å². The van der Waals surface area contributed by atoms with E-state index in [0.717, 1.165) is 6.42 Å².